The summed E-state index contributed by atoms with van der Waals surface area (Å²) in [5, 5.41) is 0. The number of amides is 1. The fourth-order valence-electron chi connectivity index (χ4n) is 3.32. The van der Waals surface area contributed by atoms with Gasteiger partial charge < -0.3 is 4.90 Å². The molecule has 0 atom stereocenters. The van der Waals surface area contributed by atoms with Crippen molar-refractivity contribution in [2.75, 3.05) is 13.1 Å². The van der Waals surface area contributed by atoms with Crippen molar-refractivity contribution in [1.82, 2.24) is 4.90 Å². The highest BCUT2D eigenvalue weighted by atomic mass is 16.2. The van der Waals surface area contributed by atoms with Gasteiger partial charge in [0.2, 0.25) is 5.91 Å². The minimum atomic E-state index is 0.198. The lowest BCUT2D eigenvalue weighted by molar-refractivity contribution is -0.138. The predicted octanol–water partition coefficient (Wildman–Crippen LogP) is 2.78. The lowest BCUT2D eigenvalue weighted by Gasteiger charge is -2.33. The van der Waals surface area contributed by atoms with Crippen LogP contribution in [-0.2, 0) is 9.59 Å². The SMILES string of the molecule is CCC(=O)C1CCC(C(=O)N2CCCCC2)CC1. The van der Waals surface area contributed by atoms with Crippen LogP contribution in [0.25, 0.3) is 0 Å². The number of carbonyl (C=O) groups is 2. The summed E-state index contributed by atoms with van der Waals surface area (Å²) in [6.45, 7) is 3.84. The summed E-state index contributed by atoms with van der Waals surface area (Å²) in [5.74, 6) is 1.18. The van der Waals surface area contributed by atoms with Gasteiger partial charge in [0.05, 0.1) is 0 Å². The standard InChI is InChI=1S/C15H25NO2/c1-2-14(17)12-6-8-13(9-7-12)15(18)16-10-4-3-5-11-16/h12-13H,2-11H2,1H3. The first-order chi connectivity index (χ1) is 8.72. The summed E-state index contributed by atoms with van der Waals surface area (Å²) in [6, 6.07) is 0. The van der Waals surface area contributed by atoms with Gasteiger partial charge >= 0.3 is 0 Å². The number of nitrogens with zero attached hydrogens (tertiary/aromatic N) is 1. The van der Waals surface area contributed by atoms with Gasteiger partial charge in [-0.3, -0.25) is 9.59 Å². The lowest BCUT2D eigenvalue weighted by atomic mass is 9.79. The van der Waals surface area contributed by atoms with Crippen LogP contribution in [-0.4, -0.2) is 29.7 Å². The van der Waals surface area contributed by atoms with Crippen molar-refractivity contribution >= 4 is 11.7 Å². The second kappa shape index (κ2) is 6.35. The van der Waals surface area contributed by atoms with Crippen LogP contribution in [0.5, 0.6) is 0 Å². The third kappa shape index (κ3) is 3.12. The fraction of sp³-hybridized carbons (Fsp3) is 0.867. The first-order valence-electron chi connectivity index (χ1n) is 7.54. The highest BCUT2D eigenvalue weighted by molar-refractivity contribution is 5.82. The van der Waals surface area contributed by atoms with E-state index in [0.717, 1.165) is 51.6 Å². The van der Waals surface area contributed by atoms with Crippen LogP contribution in [0, 0.1) is 11.8 Å². The monoisotopic (exact) mass is 251 g/mol. The molecule has 2 rings (SSSR count). The van der Waals surface area contributed by atoms with Crippen LogP contribution < -0.4 is 0 Å². The average Bonchev–Trinajstić information content (AvgIpc) is 2.47. The Morgan fingerprint density at radius 2 is 1.50 bits per heavy atom. The van der Waals surface area contributed by atoms with Crippen LogP contribution in [0.3, 0.4) is 0 Å². The number of Topliss-reactive ketones (excluding diaryl/α,β-unsaturated/α-hetero) is 1. The molecule has 0 aromatic heterocycles. The van der Waals surface area contributed by atoms with E-state index in [1.807, 2.05) is 6.92 Å². The van der Waals surface area contributed by atoms with Crippen LogP contribution >= 0.6 is 0 Å². The Bertz CT molecular complexity index is 300. The van der Waals surface area contributed by atoms with Gasteiger partial charge in [-0.2, -0.15) is 0 Å². The average molecular weight is 251 g/mol. The second-order valence-corrected chi connectivity index (χ2v) is 5.75. The molecule has 1 saturated heterocycles. The van der Waals surface area contributed by atoms with E-state index in [9.17, 15) is 9.59 Å². The molecule has 3 heteroatoms. The number of rotatable bonds is 3. The summed E-state index contributed by atoms with van der Waals surface area (Å²) in [4.78, 5) is 26.0. The van der Waals surface area contributed by atoms with Crippen LogP contribution in [0.15, 0.2) is 0 Å². The van der Waals surface area contributed by atoms with Gasteiger partial charge in [0.15, 0.2) is 0 Å². The molecular weight excluding hydrogens is 226 g/mol. The van der Waals surface area contributed by atoms with E-state index in [4.69, 9.17) is 0 Å². The molecule has 0 spiro atoms. The van der Waals surface area contributed by atoms with Crippen LogP contribution in [0.1, 0.15) is 58.3 Å². The van der Waals surface area contributed by atoms with E-state index in [0.29, 0.717) is 18.1 Å². The first-order valence-corrected chi connectivity index (χ1v) is 7.54. The van der Waals surface area contributed by atoms with Crippen molar-refractivity contribution in [2.45, 2.75) is 58.3 Å². The number of hydrogen-bond acceptors (Lipinski definition) is 2. The third-order valence-electron chi connectivity index (χ3n) is 4.55. The largest absolute Gasteiger partial charge is 0.342 e. The molecule has 102 valence electrons. The number of hydrogen-bond donors (Lipinski definition) is 0. The minimum absolute atomic E-state index is 0.198. The zero-order chi connectivity index (χ0) is 13.0. The number of piperidine rings is 1. The van der Waals surface area contributed by atoms with E-state index >= 15 is 0 Å². The highest BCUT2D eigenvalue weighted by Crippen LogP contribution is 2.31. The molecular formula is C15H25NO2. The number of carbonyl (C=O) groups excluding carboxylic acids is 2. The lowest BCUT2D eigenvalue weighted by Crippen LogP contribution is -2.41. The Balaban J connectivity index is 1.81. The van der Waals surface area contributed by atoms with Crippen molar-refractivity contribution in [3.8, 4) is 0 Å². The molecule has 0 N–H and O–H groups in total. The molecule has 1 amide bonds. The Kier molecular flexibility index (Phi) is 4.79. The van der Waals surface area contributed by atoms with E-state index in [-0.39, 0.29) is 11.8 Å². The number of ketones is 1. The highest BCUT2D eigenvalue weighted by Gasteiger charge is 2.31. The molecule has 1 saturated carbocycles. The zero-order valence-corrected chi connectivity index (χ0v) is 11.5. The maximum absolute atomic E-state index is 12.3. The predicted molar refractivity (Wildman–Crippen MR) is 71.2 cm³/mol. The normalized spacial score (nSPS) is 29.1. The van der Waals surface area contributed by atoms with Gasteiger partial charge in [0, 0.05) is 31.3 Å². The quantitative estimate of drug-likeness (QED) is 0.773. The van der Waals surface area contributed by atoms with Gasteiger partial charge in [-0.05, 0) is 44.9 Å². The zero-order valence-electron chi connectivity index (χ0n) is 11.5. The Labute approximate surface area is 110 Å². The smallest absolute Gasteiger partial charge is 0.225 e. The van der Waals surface area contributed by atoms with Crippen LogP contribution in [0.4, 0.5) is 0 Å². The molecule has 3 nitrogen and oxygen atoms in total. The summed E-state index contributed by atoms with van der Waals surface area (Å²) in [6.07, 6.45) is 7.94. The summed E-state index contributed by atoms with van der Waals surface area (Å²) < 4.78 is 0. The molecule has 2 aliphatic rings. The van der Waals surface area contributed by atoms with Crippen molar-refractivity contribution in [1.29, 1.82) is 0 Å². The Morgan fingerprint density at radius 3 is 2.06 bits per heavy atom. The van der Waals surface area contributed by atoms with Gasteiger partial charge in [-0.15, -0.1) is 0 Å². The van der Waals surface area contributed by atoms with E-state index in [2.05, 4.69) is 4.90 Å². The molecule has 0 aromatic rings. The topological polar surface area (TPSA) is 37.4 Å². The molecule has 18 heavy (non-hydrogen) atoms. The van der Waals surface area contributed by atoms with Crippen molar-refractivity contribution in [3.05, 3.63) is 0 Å². The van der Waals surface area contributed by atoms with Crippen molar-refractivity contribution in [3.63, 3.8) is 0 Å². The fourth-order valence-corrected chi connectivity index (χ4v) is 3.32. The molecule has 0 unspecified atom stereocenters. The molecule has 0 bridgehead atoms. The molecule has 1 aliphatic carbocycles. The maximum atomic E-state index is 12.3. The van der Waals surface area contributed by atoms with Crippen molar-refractivity contribution in [2.24, 2.45) is 11.8 Å². The maximum Gasteiger partial charge on any atom is 0.225 e. The van der Waals surface area contributed by atoms with E-state index in [1.54, 1.807) is 0 Å². The number of likely N-dealkylation sites (tertiary alicyclic amines) is 1. The molecule has 0 aromatic carbocycles. The third-order valence-corrected chi connectivity index (χ3v) is 4.55. The summed E-state index contributed by atoms with van der Waals surface area (Å²) in [7, 11) is 0. The Hall–Kier alpha value is -0.860. The van der Waals surface area contributed by atoms with Crippen molar-refractivity contribution < 1.29 is 9.59 Å². The van der Waals surface area contributed by atoms with E-state index in [1.165, 1.54) is 6.42 Å². The summed E-state index contributed by atoms with van der Waals surface area (Å²) >= 11 is 0. The van der Waals surface area contributed by atoms with Gasteiger partial charge in [-0.25, -0.2) is 0 Å². The minimum Gasteiger partial charge on any atom is -0.342 e. The van der Waals surface area contributed by atoms with Crippen LogP contribution in [0.2, 0.25) is 0 Å². The molecule has 2 fully saturated rings. The van der Waals surface area contributed by atoms with Gasteiger partial charge in [0.25, 0.3) is 0 Å². The second-order valence-electron chi connectivity index (χ2n) is 5.75. The molecule has 1 heterocycles. The van der Waals surface area contributed by atoms with E-state index < -0.39 is 0 Å². The van der Waals surface area contributed by atoms with Gasteiger partial charge in [0.1, 0.15) is 5.78 Å². The molecule has 1 aliphatic heterocycles. The Morgan fingerprint density at radius 1 is 0.944 bits per heavy atom. The first kappa shape index (κ1) is 13.6. The van der Waals surface area contributed by atoms with Gasteiger partial charge in [-0.1, -0.05) is 6.92 Å². The summed E-state index contributed by atoms with van der Waals surface area (Å²) in [5.41, 5.74) is 0. The molecule has 0 radical (unpaired) electrons.